The van der Waals surface area contributed by atoms with Crippen molar-refractivity contribution in [3.63, 3.8) is 0 Å². The van der Waals surface area contributed by atoms with Gasteiger partial charge in [0.1, 0.15) is 18.2 Å². The lowest BCUT2D eigenvalue weighted by molar-refractivity contribution is -0.169. The van der Waals surface area contributed by atoms with E-state index < -0.39 is 47.9 Å². The fraction of sp³-hybridized carbons (Fsp3) is 0.303. The molecule has 1 aliphatic heterocycles. The van der Waals surface area contributed by atoms with Crippen molar-refractivity contribution in [2.24, 2.45) is 0 Å². The Kier molecular flexibility index (Phi) is 8.04. The lowest BCUT2D eigenvalue weighted by atomic mass is 9.98. The van der Waals surface area contributed by atoms with Crippen molar-refractivity contribution in [2.75, 3.05) is 13.7 Å². The van der Waals surface area contributed by atoms with Gasteiger partial charge in [-0.15, -0.1) is 0 Å². The first kappa shape index (κ1) is 29.5. The van der Waals surface area contributed by atoms with Crippen molar-refractivity contribution in [2.45, 2.75) is 51.2 Å². The third kappa shape index (κ3) is 5.99. The van der Waals surface area contributed by atoms with Gasteiger partial charge in [-0.1, -0.05) is 65.7 Å². The van der Waals surface area contributed by atoms with Gasteiger partial charge in [-0.25, -0.2) is 14.4 Å². The fourth-order valence-corrected chi connectivity index (χ4v) is 5.31. The molecule has 2 aliphatic rings. The minimum Gasteiger partial charge on any atom is -0.458 e. The van der Waals surface area contributed by atoms with Crippen LogP contribution in [-0.2, 0) is 23.9 Å². The molecule has 222 valence electrons. The van der Waals surface area contributed by atoms with E-state index in [0.717, 1.165) is 27.2 Å². The van der Waals surface area contributed by atoms with Gasteiger partial charge in [-0.3, -0.25) is 14.5 Å². The molecule has 3 amide bonds. The van der Waals surface area contributed by atoms with E-state index in [9.17, 15) is 24.0 Å². The van der Waals surface area contributed by atoms with Gasteiger partial charge >= 0.3 is 18.0 Å². The van der Waals surface area contributed by atoms with Gasteiger partial charge in [0.2, 0.25) is 0 Å². The molecule has 1 heterocycles. The Hall–Kier alpha value is -4.99. The topological polar surface area (TPSA) is 120 Å². The summed E-state index contributed by atoms with van der Waals surface area (Å²) in [6, 6.07) is 20.8. The third-order valence-electron chi connectivity index (χ3n) is 7.34. The Bertz CT molecular complexity index is 1530. The first-order valence-electron chi connectivity index (χ1n) is 14.0. The van der Waals surface area contributed by atoms with Crippen LogP contribution in [0.2, 0.25) is 0 Å². The zero-order valence-corrected chi connectivity index (χ0v) is 24.4. The normalized spacial score (nSPS) is 14.5. The van der Waals surface area contributed by atoms with Gasteiger partial charge in [0.05, 0.1) is 17.5 Å². The molecule has 0 N–H and O–H groups in total. The molecule has 3 aromatic carbocycles. The summed E-state index contributed by atoms with van der Waals surface area (Å²) in [5, 5.41) is 0.407. The highest BCUT2D eigenvalue weighted by Crippen LogP contribution is 2.44. The van der Waals surface area contributed by atoms with Crippen LogP contribution in [0.3, 0.4) is 0 Å². The smallest absolute Gasteiger partial charge is 0.410 e. The molecular formula is C33H32N2O8. The Labute approximate surface area is 249 Å². The monoisotopic (exact) mass is 584 g/mol. The van der Waals surface area contributed by atoms with Crippen molar-refractivity contribution in [1.82, 2.24) is 9.96 Å². The van der Waals surface area contributed by atoms with Gasteiger partial charge in [0, 0.05) is 13.0 Å². The lowest BCUT2D eigenvalue weighted by Crippen LogP contribution is -2.46. The number of esters is 1. The predicted molar refractivity (Wildman–Crippen MR) is 155 cm³/mol. The second-order valence-electron chi connectivity index (χ2n) is 11.4. The number of carbonyl (C=O) groups is 5. The Balaban J connectivity index is 1.25. The summed E-state index contributed by atoms with van der Waals surface area (Å²) in [7, 11) is 1.39. The molecule has 0 saturated carbocycles. The van der Waals surface area contributed by atoms with Crippen LogP contribution < -0.4 is 0 Å². The van der Waals surface area contributed by atoms with Crippen LogP contribution >= 0.6 is 0 Å². The maximum Gasteiger partial charge on any atom is 0.410 e. The molecule has 0 saturated heterocycles. The summed E-state index contributed by atoms with van der Waals surface area (Å²) >= 11 is 0. The van der Waals surface area contributed by atoms with Crippen molar-refractivity contribution in [3.8, 4) is 11.1 Å². The highest BCUT2D eigenvalue weighted by Gasteiger charge is 2.39. The van der Waals surface area contributed by atoms with E-state index in [-0.39, 0.29) is 30.1 Å². The number of fused-ring (bicyclic) bond motifs is 4. The van der Waals surface area contributed by atoms with Crippen LogP contribution in [0.15, 0.2) is 72.8 Å². The summed E-state index contributed by atoms with van der Waals surface area (Å²) in [4.78, 5) is 70.4. The van der Waals surface area contributed by atoms with Crippen LogP contribution in [0.4, 0.5) is 4.79 Å². The zero-order valence-electron chi connectivity index (χ0n) is 24.4. The van der Waals surface area contributed by atoms with Gasteiger partial charge < -0.3 is 14.3 Å². The van der Waals surface area contributed by atoms with E-state index in [1.165, 1.54) is 19.2 Å². The van der Waals surface area contributed by atoms with E-state index in [1.807, 2.05) is 48.5 Å². The second-order valence-corrected chi connectivity index (χ2v) is 11.4. The zero-order chi connectivity index (χ0) is 30.9. The van der Waals surface area contributed by atoms with Crippen molar-refractivity contribution in [3.05, 3.63) is 95.1 Å². The average molecular weight is 585 g/mol. The molecule has 1 aliphatic carbocycles. The highest BCUT2D eigenvalue weighted by atomic mass is 16.7. The van der Waals surface area contributed by atoms with E-state index in [2.05, 4.69) is 0 Å². The van der Waals surface area contributed by atoms with Crippen LogP contribution in [0, 0.1) is 0 Å². The average Bonchev–Trinajstić information content (AvgIpc) is 3.42. The number of hydrogen-bond donors (Lipinski definition) is 0. The largest absolute Gasteiger partial charge is 0.458 e. The molecule has 1 atom stereocenters. The first-order valence-corrected chi connectivity index (χ1v) is 14.0. The number of ether oxygens (including phenoxy) is 2. The summed E-state index contributed by atoms with van der Waals surface area (Å²) in [5.74, 6) is -3.36. The van der Waals surface area contributed by atoms with Crippen LogP contribution in [0.5, 0.6) is 0 Å². The van der Waals surface area contributed by atoms with E-state index >= 15 is 0 Å². The summed E-state index contributed by atoms with van der Waals surface area (Å²) in [6.07, 6.45) is -1.36. The van der Waals surface area contributed by atoms with Crippen LogP contribution in [0.1, 0.15) is 71.4 Å². The molecule has 0 bridgehead atoms. The maximum atomic E-state index is 13.3. The molecule has 5 rings (SSSR count). The first-order chi connectivity index (χ1) is 20.5. The molecule has 10 nitrogen and oxygen atoms in total. The number of amides is 3. The van der Waals surface area contributed by atoms with Gasteiger partial charge in [-0.2, -0.15) is 0 Å². The molecule has 10 heteroatoms. The summed E-state index contributed by atoms with van der Waals surface area (Å²) in [5.41, 5.74) is 3.63. The molecule has 0 aromatic heterocycles. The number of carbonyl (C=O) groups excluding carboxylic acids is 5. The third-order valence-corrected chi connectivity index (χ3v) is 7.34. The number of nitrogens with zero attached hydrogens (tertiary/aromatic N) is 2. The van der Waals surface area contributed by atoms with E-state index in [0.29, 0.717) is 5.06 Å². The number of likely N-dealkylation sites (N-methyl/N-ethyl adjacent to an activating group) is 1. The Morgan fingerprint density at radius 2 is 1.30 bits per heavy atom. The number of hydroxylamine groups is 2. The van der Waals surface area contributed by atoms with Crippen molar-refractivity contribution >= 4 is 29.8 Å². The molecule has 0 unspecified atom stereocenters. The molecule has 0 spiro atoms. The molecule has 3 aromatic rings. The second kappa shape index (κ2) is 11.7. The van der Waals surface area contributed by atoms with Crippen molar-refractivity contribution in [1.29, 1.82) is 0 Å². The number of benzene rings is 3. The Morgan fingerprint density at radius 1 is 0.814 bits per heavy atom. The van der Waals surface area contributed by atoms with Gasteiger partial charge in [0.25, 0.3) is 11.8 Å². The summed E-state index contributed by atoms with van der Waals surface area (Å²) in [6.45, 7) is 5.10. The highest BCUT2D eigenvalue weighted by molar-refractivity contribution is 6.20. The number of imide groups is 1. The standard InChI is InChI=1S/C33H32N2O8/c1-33(2,3)42-31(39)27(17-18-28(36)43-35-29(37)24-15-9-10-16-25(24)30(35)38)34(4)32(40)41-19-26-22-13-7-5-11-20(22)21-12-6-8-14-23(21)26/h5-16,26-27H,17-19H2,1-4H3/t27-/m0/s1. The molecular weight excluding hydrogens is 552 g/mol. The van der Waals surface area contributed by atoms with Gasteiger partial charge in [0.15, 0.2) is 0 Å². The predicted octanol–water partition coefficient (Wildman–Crippen LogP) is 5.11. The van der Waals surface area contributed by atoms with Crippen LogP contribution in [-0.4, -0.2) is 65.1 Å². The number of hydrogen-bond acceptors (Lipinski definition) is 8. The fourth-order valence-electron chi connectivity index (χ4n) is 5.31. The summed E-state index contributed by atoms with van der Waals surface area (Å²) < 4.78 is 11.2. The maximum absolute atomic E-state index is 13.3. The molecule has 0 radical (unpaired) electrons. The lowest BCUT2D eigenvalue weighted by Gasteiger charge is -2.29. The minimum atomic E-state index is -1.20. The quantitative estimate of drug-likeness (QED) is 0.265. The van der Waals surface area contributed by atoms with Crippen molar-refractivity contribution < 1.29 is 38.3 Å². The molecule has 0 fully saturated rings. The SMILES string of the molecule is CN(C(=O)OCC1c2ccccc2-c2ccccc21)[C@@H](CCC(=O)ON1C(=O)c2ccccc2C1=O)C(=O)OC(C)(C)C. The van der Waals surface area contributed by atoms with Gasteiger partial charge in [-0.05, 0) is 61.6 Å². The Morgan fingerprint density at radius 3 is 1.81 bits per heavy atom. The van der Waals surface area contributed by atoms with E-state index in [1.54, 1.807) is 32.9 Å². The molecule has 43 heavy (non-hydrogen) atoms. The van der Waals surface area contributed by atoms with E-state index in [4.69, 9.17) is 14.3 Å². The minimum absolute atomic E-state index is 0.0417. The van der Waals surface area contributed by atoms with Crippen LogP contribution in [0.25, 0.3) is 11.1 Å². The number of rotatable bonds is 8.